The molecule has 5 rings (SSSR count). The predicted octanol–water partition coefficient (Wildman–Crippen LogP) is 5.57. The maximum Gasteiger partial charge on any atom is 0.195 e. The molecule has 2 aromatic carbocycles. The Labute approximate surface area is 175 Å². The average molecular weight is 403 g/mol. The van der Waals surface area contributed by atoms with E-state index in [4.69, 9.17) is 0 Å². The first-order valence-electron chi connectivity index (χ1n) is 10.6. The Morgan fingerprint density at radius 3 is 2.52 bits per heavy atom. The molecule has 1 saturated heterocycles. The van der Waals surface area contributed by atoms with Crippen LogP contribution in [-0.2, 0) is 6.42 Å². The zero-order valence-corrected chi connectivity index (χ0v) is 17.4. The largest absolute Gasteiger partial charge is 0.303 e. The van der Waals surface area contributed by atoms with Gasteiger partial charge >= 0.3 is 0 Å². The molecule has 4 nitrogen and oxygen atoms in total. The second-order valence-corrected chi connectivity index (χ2v) is 8.71. The summed E-state index contributed by atoms with van der Waals surface area (Å²) in [4.78, 5) is 11.6. The van der Waals surface area contributed by atoms with Crippen LogP contribution in [0.2, 0.25) is 0 Å². The summed E-state index contributed by atoms with van der Waals surface area (Å²) in [5, 5.41) is 2.94. The first-order chi connectivity index (χ1) is 14.4. The molecule has 0 atom stereocenters. The van der Waals surface area contributed by atoms with Crippen LogP contribution in [0.5, 0.6) is 0 Å². The molecule has 1 aliphatic heterocycles. The molecule has 1 fully saturated rings. The van der Waals surface area contributed by atoms with Crippen molar-refractivity contribution < 1.29 is 0 Å². The molecule has 0 N–H and O–H groups in total. The molecule has 5 heteroatoms. The van der Waals surface area contributed by atoms with Crippen LogP contribution in [0.4, 0.5) is 0 Å². The minimum Gasteiger partial charge on any atom is -0.303 e. The summed E-state index contributed by atoms with van der Waals surface area (Å²) in [6.45, 7) is 3.82. The van der Waals surface area contributed by atoms with Crippen molar-refractivity contribution in [1.82, 2.24) is 19.4 Å². The number of likely N-dealkylation sites (tertiary alicyclic amines) is 1. The topological polar surface area (TPSA) is 34.0 Å². The number of hydrogen-bond acceptors (Lipinski definition) is 4. The maximum atomic E-state index is 4.59. The van der Waals surface area contributed by atoms with Crippen LogP contribution in [0.15, 0.2) is 60.4 Å². The minimum absolute atomic E-state index is 0.953. The molecule has 3 heterocycles. The fourth-order valence-electron chi connectivity index (χ4n) is 4.23. The number of piperidine rings is 1. The molecule has 0 unspecified atom stereocenters. The van der Waals surface area contributed by atoms with E-state index in [-0.39, 0.29) is 0 Å². The Kier molecular flexibility index (Phi) is 5.41. The van der Waals surface area contributed by atoms with Gasteiger partial charge in [-0.1, -0.05) is 36.8 Å². The molecule has 0 amide bonds. The van der Waals surface area contributed by atoms with Gasteiger partial charge in [-0.2, -0.15) is 0 Å². The number of aryl methyl sites for hydroxylation is 1. The molecular weight excluding hydrogens is 376 g/mol. The fraction of sp³-hybridized carbons (Fsp3) is 0.333. The SMILES string of the molecule is c1csc(-n2cnc3cc(-c4ccc(CCCN5CCCCC5)cc4)ccc32)n1. The van der Waals surface area contributed by atoms with E-state index in [1.54, 1.807) is 11.3 Å². The highest BCUT2D eigenvalue weighted by atomic mass is 32.1. The van der Waals surface area contributed by atoms with Crippen LogP contribution in [-0.4, -0.2) is 39.1 Å². The van der Waals surface area contributed by atoms with Crippen molar-refractivity contribution in [1.29, 1.82) is 0 Å². The van der Waals surface area contributed by atoms with Gasteiger partial charge in [0.2, 0.25) is 0 Å². The first-order valence-corrected chi connectivity index (χ1v) is 11.4. The summed E-state index contributed by atoms with van der Waals surface area (Å²) in [6, 6.07) is 15.5. The zero-order valence-electron chi connectivity index (χ0n) is 16.6. The van der Waals surface area contributed by atoms with Crippen molar-refractivity contribution in [2.24, 2.45) is 0 Å². The Balaban J connectivity index is 1.26. The zero-order chi connectivity index (χ0) is 19.5. The summed E-state index contributed by atoms with van der Waals surface area (Å²) in [5.41, 5.74) is 5.98. The summed E-state index contributed by atoms with van der Waals surface area (Å²) < 4.78 is 2.05. The standard InChI is InChI=1S/C24H26N4S/c1-2-13-27(14-3-1)15-4-5-19-6-8-20(9-7-19)21-10-11-23-22(17-21)26-18-28(23)24-25-12-16-29-24/h6-12,16-18H,1-5,13-15H2. The van der Waals surface area contributed by atoms with Crippen LogP contribution in [0, 0.1) is 0 Å². The van der Waals surface area contributed by atoms with E-state index in [0.29, 0.717) is 0 Å². The van der Waals surface area contributed by atoms with E-state index in [1.807, 2.05) is 17.9 Å². The van der Waals surface area contributed by atoms with E-state index in [0.717, 1.165) is 22.6 Å². The van der Waals surface area contributed by atoms with Gasteiger partial charge in [0.15, 0.2) is 5.13 Å². The lowest BCUT2D eigenvalue weighted by Crippen LogP contribution is -2.30. The van der Waals surface area contributed by atoms with Gasteiger partial charge in [-0.15, -0.1) is 11.3 Å². The van der Waals surface area contributed by atoms with E-state index in [2.05, 4.69) is 61.9 Å². The first kappa shape index (κ1) is 18.5. The van der Waals surface area contributed by atoms with Crippen molar-refractivity contribution >= 4 is 22.4 Å². The monoisotopic (exact) mass is 402 g/mol. The number of benzene rings is 2. The van der Waals surface area contributed by atoms with Gasteiger partial charge in [-0.3, -0.25) is 4.57 Å². The van der Waals surface area contributed by atoms with Crippen molar-refractivity contribution in [3.05, 3.63) is 65.9 Å². The number of rotatable bonds is 6. The maximum absolute atomic E-state index is 4.59. The Morgan fingerprint density at radius 2 is 1.72 bits per heavy atom. The van der Waals surface area contributed by atoms with Crippen LogP contribution >= 0.6 is 11.3 Å². The number of imidazole rings is 1. The highest BCUT2D eigenvalue weighted by molar-refractivity contribution is 7.12. The van der Waals surface area contributed by atoms with Crippen LogP contribution in [0.1, 0.15) is 31.2 Å². The summed E-state index contributed by atoms with van der Waals surface area (Å²) in [6.07, 6.45) is 10.3. The van der Waals surface area contributed by atoms with Crippen molar-refractivity contribution in [2.45, 2.75) is 32.1 Å². The van der Waals surface area contributed by atoms with Crippen LogP contribution in [0.3, 0.4) is 0 Å². The summed E-state index contributed by atoms with van der Waals surface area (Å²) in [7, 11) is 0. The molecule has 29 heavy (non-hydrogen) atoms. The molecule has 4 aromatic rings. The molecule has 0 radical (unpaired) electrons. The number of fused-ring (bicyclic) bond motifs is 1. The molecule has 1 aliphatic rings. The number of hydrogen-bond donors (Lipinski definition) is 0. The smallest absolute Gasteiger partial charge is 0.195 e. The van der Waals surface area contributed by atoms with Gasteiger partial charge in [-0.25, -0.2) is 9.97 Å². The van der Waals surface area contributed by atoms with Gasteiger partial charge in [0.1, 0.15) is 6.33 Å². The third kappa shape index (κ3) is 4.11. The number of aromatic nitrogens is 3. The average Bonchev–Trinajstić information content (AvgIpc) is 3.44. The lowest BCUT2D eigenvalue weighted by molar-refractivity contribution is 0.226. The fourth-order valence-corrected chi connectivity index (χ4v) is 4.86. The highest BCUT2D eigenvalue weighted by Crippen LogP contribution is 2.26. The highest BCUT2D eigenvalue weighted by Gasteiger charge is 2.10. The van der Waals surface area contributed by atoms with Gasteiger partial charge < -0.3 is 4.90 Å². The van der Waals surface area contributed by atoms with Gasteiger partial charge in [-0.05, 0) is 74.1 Å². The van der Waals surface area contributed by atoms with E-state index >= 15 is 0 Å². The van der Waals surface area contributed by atoms with Gasteiger partial charge in [0.25, 0.3) is 0 Å². The second kappa shape index (κ2) is 8.47. The molecule has 0 aliphatic carbocycles. The minimum atomic E-state index is 0.953. The normalized spacial score (nSPS) is 15.2. The van der Waals surface area contributed by atoms with E-state index in [9.17, 15) is 0 Å². The lowest BCUT2D eigenvalue weighted by Gasteiger charge is -2.26. The Morgan fingerprint density at radius 1 is 0.897 bits per heavy atom. The quantitative estimate of drug-likeness (QED) is 0.423. The number of thiazole rings is 1. The van der Waals surface area contributed by atoms with E-state index in [1.165, 1.54) is 62.0 Å². The molecule has 0 saturated carbocycles. The second-order valence-electron chi connectivity index (χ2n) is 7.84. The summed E-state index contributed by atoms with van der Waals surface area (Å²) in [5.74, 6) is 0. The molecule has 0 bridgehead atoms. The van der Waals surface area contributed by atoms with Crippen LogP contribution < -0.4 is 0 Å². The predicted molar refractivity (Wildman–Crippen MR) is 121 cm³/mol. The molecule has 148 valence electrons. The van der Waals surface area contributed by atoms with Crippen LogP contribution in [0.25, 0.3) is 27.3 Å². The van der Waals surface area contributed by atoms with E-state index < -0.39 is 0 Å². The summed E-state index contributed by atoms with van der Waals surface area (Å²) >= 11 is 1.62. The Bertz CT molecular complexity index is 1060. The molecule has 2 aromatic heterocycles. The van der Waals surface area contributed by atoms with Crippen molar-refractivity contribution in [3.8, 4) is 16.3 Å². The van der Waals surface area contributed by atoms with Crippen molar-refractivity contribution in [3.63, 3.8) is 0 Å². The molecular formula is C24H26N4S. The van der Waals surface area contributed by atoms with Crippen molar-refractivity contribution in [2.75, 3.05) is 19.6 Å². The number of nitrogens with zero attached hydrogens (tertiary/aromatic N) is 4. The Hall–Kier alpha value is -2.50. The lowest BCUT2D eigenvalue weighted by atomic mass is 10.0. The third-order valence-electron chi connectivity index (χ3n) is 5.85. The third-order valence-corrected chi connectivity index (χ3v) is 6.62. The van der Waals surface area contributed by atoms with Gasteiger partial charge in [0.05, 0.1) is 11.0 Å². The molecule has 0 spiro atoms. The van der Waals surface area contributed by atoms with Gasteiger partial charge in [0, 0.05) is 11.6 Å².